The second-order valence-electron chi connectivity index (χ2n) is 4.81. The van der Waals surface area contributed by atoms with Crippen molar-refractivity contribution < 1.29 is 24.2 Å². The number of carboxylic acid groups (broad SMARTS) is 1. The summed E-state index contributed by atoms with van der Waals surface area (Å²) in [7, 11) is 0. The maximum atomic E-state index is 11.7. The van der Waals surface area contributed by atoms with E-state index >= 15 is 0 Å². The molecule has 1 saturated heterocycles. The third kappa shape index (κ3) is 3.87. The molecule has 21 heavy (non-hydrogen) atoms. The Bertz CT molecular complexity index is 517. The first-order valence-corrected chi connectivity index (χ1v) is 6.97. The minimum atomic E-state index is -0.923. The van der Waals surface area contributed by atoms with Crippen LogP contribution >= 0.6 is 0 Å². The number of carbonyl (C=O) groups excluding carboxylic acids is 1. The fourth-order valence-corrected chi connectivity index (χ4v) is 2.26. The molecule has 0 saturated carbocycles. The molecule has 0 spiro atoms. The van der Waals surface area contributed by atoms with E-state index in [4.69, 9.17) is 14.6 Å². The number of ether oxygens (including phenoxy) is 2. The number of nitrogens with zero attached hydrogens (tertiary/aromatic N) is 1. The molecule has 1 amide bonds. The fraction of sp³-hybridized carbons (Fsp3) is 0.467. The number of rotatable bonds is 7. The van der Waals surface area contributed by atoms with Gasteiger partial charge in [-0.2, -0.15) is 0 Å². The molecular weight excluding hydrogens is 274 g/mol. The van der Waals surface area contributed by atoms with Crippen LogP contribution in [0.5, 0.6) is 11.5 Å². The van der Waals surface area contributed by atoms with Gasteiger partial charge in [-0.3, -0.25) is 9.59 Å². The number of carbonyl (C=O) groups is 2. The molecule has 1 atom stereocenters. The summed E-state index contributed by atoms with van der Waals surface area (Å²) in [5.41, 5.74) is 0. The highest BCUT2D eigenvalue weighted by Crippen LogP contribution is 2.26. The summed E-state index contributed by atoms with van der Waals surface area (Å²) < 4.78 is 11.1. The molecule has 2 rings (SSSR count). The van der Waals surface area contributed by atoms with Gasteiger partial charge in [-0.1, -0.05) is 12.1 Å². The average molecular weight is 293 g/mol. The predicted octanol–water partition coefficient (Wildman–Crippen LogP) is 1.40. The van der Waals surface area contributed by atoms with Crippen LogP contribution in [0, 0.1) is 5.92 Å². The third-order valence-electron chi connectivity index (χ3n) is 3.33. The summed E-state index contributed by atoms with van der Waals surface area (Å²) in [6, 6.07) is 7.33. The van der Waals surface area contributed by atoms with Crippen molar-refractivity contribution in [1.29, 1.82) is 0 Å². The van der Waals surface area contributed by atoms with Crippen molar-refractivity contribution in [3.05, 3.63) is 24.3 Å². The first-order valence-electron chi connectivity index (χ1n) is 6.97. The molecule has 1 unspecified atom stereocenters. The van der Waals surface area contributed by atoms with Gasteiger partial charge in [0.2, 0.25) is 5.91 Å². The Morgan fingerprint density at radius 1 is 1.33 bits per heavy atom. The molecule has 1 N–H and O–H groups in total. The van der Waals surface area contributed by atoms with Gasteiger partial charge in [-0.05, 0) is 19.1 Å². The van der Waals surface area contributed by atoms with Gasteiger partial charge in [0.25, 0.3) is 0 Å². The van der Waals surface area contributed by atoms with Gasteiger partial charge >= 0.3 is 5.97 Å². The molecule has 0 bridgehead atoms. The molecule has 0 aliphatic carbocycles. The molecule has 1 fully saturated rings. The van der Waals surface area contributed by atoms with Crippen LogP contribution in [-0.2, 0) is 9.59 Å². The summed E-state index contributed by atoms with van der Waals surface area (Å²) in [6.07, 6.45) is 0.0743. The molecule has 1 aliphatic heterocycles. The zero-order valence-corrected chi connectivity index (χ0v) is 11.9. The molecule has 1 aromatic carbocycles. The maximum absolute atomic E-state index is 11.7. The molecule has 6 nitrogen and oxygen atoms in total. The number of para-hydroxylation sites is 2. The Morgan fingerprint density at radius 2 is 2.00 bits per heavy atom. The van der Waals surface area contributed by atoms with E-state index in [0.29, 0.717) is 31.3 Å². The summed E-state index contributed by atoms with van der Waals surface area (Å²) in [5, 5.41) is 8.92. The van der Waals surface area contributed by atoms with Gasteiger partial charge in [-0.25, -0.2) is 0 Å². The van der Waals surface area contributed by atoms with Crippen LogP contribution < -0.4 is 9.47 Å². The topological polar surface area (TPSA) is 76.1 Å². The molecule has 0 aromatic heterocycles. The Kier molecular flexibility index (Phi) is 5.03. The molecule has 1 aromatic rings. The summed E-state index contributed by atoms with van der Waals surface area (Å²) >= 11 is 0. The van der Waals surface area contributed by atoms with E-state index in [2.05, 4.69) is 0 Å². The highest BCUT2D eigenvalue weighted by atomic mass is 16.5. The van der Waals surface area contributed by atoms with Gasteiger partial charge in [0, 0.05) is 13.0 Å². The van der Waals surface area contributed by atoms with Crippen LogP contribution in [0.3, 0.4) is 0 Å². The van der Waals surface area contributed by atoms with Crippen LogP contribution in [0.25, 0.3) is 0 Å². The third-order valence-corrected chi connectivity index (χ3v) is 3.33. The number of hydrogen-bond acceptors (Lipinski definition) is 4. The zero-order valence-electron chi connectivity index (χ0n) is 11.9. The van der Waals surface area contributed by atoms with Crippen molar-refractivity contribution in [3.63, 3.8) is 0 Å². The van der Waals surface area contributed by atoms with Crippen LogP contribution in [-0.4, -0.2) is 48.2 Å². The number of aliphatic carboxylic acids is 1. The molecule has 1 heterocycles. The molecule has 6 heteroatoms. The van der Waals surface area contributed by atoms with E-state index < -0.39 is 11.9 Å². The van der Waals surface area contributed by atoms with Crippen LogP contribution in [0.1, 0.15) is 13.3 Å². The van der Waals surface area contributed by atoms with Crippen molar-refractivity contribution in [2.75, 3.05) is 26.3 Å². The summed E-state index contributed by atoms with van der Waals surface area (Å²) in [4.78, 5) is 24.1. The van der Waals surface area contributed by atoms with E-state index in [1.165, 1.54) is 4.90 Å². The smallest absolute Gasteiger partial charge is 0.308 e. The summed E-state index contributed by atoms with van der Waals surface area (Å²) in [5.74, 6) is -0.372. The van der Waals surface area contributed by atoms with E-state index in [-0.39, 0.29) is 18.9 Å². The second kappa shape index (κ2) is 6.97. The van der Waals surface area contributed by atoms with Crippen LogP contribution in [0.15, 0.2) is 24.3 Å². The Labute approximate surface area is 123 Å². The second-order valence-corrected chi connectivity index (χ2v) is 4.81. The number of carboxylic acids is 1. The van der Waals surface area contributed by atoms with Gasteiger partial charge in [-0.15, -0.1) is 0 Å². The van der Waals surface area contributed by atoms with Gasteiger partial charge in [0.05, 0.1) is 19.1 Å². The standard InChI is InChI=1S/C15H19NO5/c1-2-20-12-5-3-4-6-13(12)21-8-7-16-10-11(15(18)19)9-14(16)17/h3-6,11H,2,7-10H2,1H3,(H,18,19). The lowest BCUT2D eigenvalue weighted by Gasteiger charge is -2.17. The number of likely N-dealkylation sites (tertiary alicyclic amines) is 1. The number of amides is 1. The molecule has 0 radical (unpaired) electrons. The van der Waals surface area contributed by atoms with Gasteiger partial charge in [0.1, 0.15) is 6.61 Å². The van der Waals surface area contributed by atoms with Gasteiger partial charge < -0.3 is 19.5 Å². The largest absolute Gasteiger partial charge is 0.490 e. The minimum Gasteiger partial charge on any atom is -0.490 e. The van der Waals surface area contributed by atoms with Crippen LogP contribution in [0.4, 0.5) is 0 Å². The zero-order chi connectivity index (χ0) is 15.2. The quantitative estimate of drug-likeness (QED) is 0.822. The van der Waals surface area contributed by atoms with Gasteiger partial charge in [0.15, 0.2) is 11.5 Å². The predicted molar refractivity (Wildman–Crippen MR) is 75.4 cm³/mol. The molecule has 1 aliphatic rings. The monoisotopic (exact) mass is 293 g/mol. The van der Waals surface area contributed by atoms with E-state index in [9.17, 15) is 9.59 Å². The van der Waals surface area contributed by atoms with E-state index in [1.54, 1.807) is 6.07 Å². The van der Waals surface area contributed by atoms with Crippen molar-refractivity contribution in [2.24, 2.45) is 5.92 Å². The lowest BCUT2D eigenvalue weighted by atomic mass is 10.1. The summed E-state index contributed by atoms with van der Waals surface area (Å²) in [6.45, 7) is 3.38. The lowest BCUT2D eigenvalue weighted by Crippen LogP contribution is -2.30. The SMILES string of the molecule is CCOc1ccccc1OCCN1CC(C(=O)O)CC1=O. The highest BCUT2D eigenvalue weighted by molar-refractivity contribution is 5.86. The molecular formula is C15H19NO5. The van der Waals surface area contributed by atoms with E-state index in [0.717, 1.165) is 0 Å². The van der Waals surface area contributed by atoms with Crippen molar-refractivity contribution in [1.82, 2.24) is 4.90 Å². The van der Waals surface area contributed by atoms with E-state index in [1.807, 2.05) is 25.1 Å². The fourth-order valence-electron chi connectivity index (χ4n) is 2.26. The maximum Gasteiger partial charge on any atom is 0.308 e. The average Bonchev–Trinajstić information content (AvgIpc) is 2.83. The minimum absolute atomic E-state index is 0.0743. The highest BCUT2D eigenvalue weighted by Gasteiger charge is 2.33. The number of benzene rings is 1. The van der Waals surface area contributed by atoms with Crippen LogP contribution in [0.2, 0.25) is 0 Å². The first kappa shape index (κ1) is 15.2. The number of hydrogen-bond donors (Lipinski definition) is 1. The van der Waals surface area contributed by atoms with Crippen molar-refractivity contribution >= 4 is 11.9 Å². The first-order chi connectivity index (χ1) is 10.1. The Balaban J connectivity index is 1.85. The normalized spacial score (nSPS) is 17.9. The Morgan fingerprint density at radius 3 is 2.57 bits per heavy atom. The Hall–Kier alpha value is -2.24. The molecule has 114 valence electrons. The lowest BCUT2D eigenvalue weighted by molar-refractivity contribution is -0.141. The van der Waals surface area contributed by atoms with Crippen molar-refractivity contribution in [2.45, 2.75) is 13.3 Å². The van der Waals surface area contributed by atoms with Crippen molar-refractivity contribution in [3.8, 4) is 11.5 Å².